The SMILES string of the molecule is C/C(=C\CCC(C)(O)[C@@H](O)Cc1c[nH]c([NH+]([O-])O)c1)CC[C@@H](O)C(C)(C)O. The summed E-state index contributed by atoms with van der Waals surface area (Å²) < 4.78 is 0. The first kappa shape index (κ1) is 23.8. The highest BCUT2D eigenvalue weighted by atomic mass is 16.8. The second-order valence-electron chi connectivity index (χ2n) is 8.10. The van der Waals surface area contributed by atoms with Crippen LogP contribution in [0.4, 0.5) is 5.82 Å². The van der Waals surface area contributed by atoms with Gasteiger partial charge in [-0.15, -0.1) is 0 Å². The summed E-state index contributed by atoms with van der Waals surface area (Å²) in [5, 5.41) is 59.1. The minimum Gasteiger partial charge on any atom is -0.594 e. The van der Waals surface area contributed by atoms with E-state index in [1.165, 1.54) is 12.3 Å². The second kappa shape index (κ2) is 9.79. The zero-order valence-electron chi connectivity index (χ0n) is 16.6. The molecule has 1 aromatic heterocycles. The van der Waals surface area contributed by atoms with Crippen molar-refractivity contribution < 1.29 is 30.9 Å². The summed E-state index contributed by atoms with van der Waals surface area (Å²) in [6.07, 6.45) is 3.78. The minimum atomic E-state index is -1.32. The third kappa shape index (κ3) is 8.10. The number of rotatable bonds is 11. The lowest BCUT2D eigenvalue weighted by molar-refractivity contribution is -0.993. The molecule has 1 heterocycles. The van der Waals surface area contributed by atoms with E-state index >= 15 is 0 Å². The van der Waals surface area contributed by atoms with Crippen molar-refractivity contribution in [2.75, 3.05) is 0 Å². The van der Waals surface area contributed by atoms with E-state index < -0.39 is 28.6 Å². The lowest BCUT2D eigenvalue weighted by Crippen LogP contribution is -2.99. The number of aliphatic hydroxyl groups excluding tert-OH is 2. The van der Waals surface area contributed by atoms with Crippen LogP contribution in [0.2, 0.25) is 0 Å². The Balaban J connectivity index is 2.48. The summed E-state index contributed by atoms with van der Waals surface area (Å²) >= 11 is 0. The van der Waals surface area contributed by atoms with E-state index in [0.717, 1.165) is 5.57 Å². The molecule has 0 saturated carbocycles. The van der Waals surface area contributed by atoms with Crippen LogP contribution in [0.5, 0.6) is 0 Å². The molecule has 8 nitrogen and oxygen atoms in total. The van der Waals surface area contributed by atoms with E-state index in [0.29, 0.717) is 31.2 Å². The lowest BCUT2D eigenvalue weighted by atomic mass is 9.89. The van der Waals surface area contributed by atoms with Crippen LogP contribution in [0.15, 0.2) is 23.9 Å². The summed E-state index contributed by atoms with van der Waals surface area (Å²) in [6, 6.07) is 1.44. The monoisotopic (exact) mass is 386 g/mol. The molecule has 0 amide bonds. The van der Waals surface area contributed by atoms with Gasteiger partial charge in [0.25, 0.3) is 0 Å². The predicted octanol–water partition coefficient (Wildman–Crippen LogP) is 0.711. The van der Waals surface area contributed by atoms with Crippen LogP contribution < -0.4 is 5.23 Å². The normalized spacial score (nSPS) is 18.8. The van der Waals surface area contributed by atoms with Gasteiger partial charge in [-0.1, -0.05) is 11.6 Å². The molecule has 0 aliphatic carbocycles. The van der Waals surface area contributed by atoms with Crippen molar-refractivity contribution in [2.45, 2.75) is 83.2 Å². The Bertz CT molecular complexity index is 604. The van der Waals surface area contributed by atoms with Crippen LogP contribution in [0.25, 0.3) is 0 Å². The molecule has 0 aliphatic heterocycles. The molecule has 2 unspecified atom stereocenters. The van der Waals surface area contributed by atoms with Crippen LogP contribution in [0, 0.1) is 5.21 Å². The summed E-state index contributed by atoms with van der Waals surface area (Å²) in [6.45, 7) is 6.62. The number of aromatic amines is 1. The smallest absolute Gasteiger partial charge is 0.237 e. The predicted molar refractivity (Wildman–Crippen MR) is 101 cm³/mol. The highest BCUT2D eigenvalue weighted by Crippen LogP contribution is 2.23. The van der Waals surface area contributed by atoms with E-state index in [1.54, 1.807) is 20.8 Å². The molecular weight excluding hydrogens is 352 g/mol. The fourth-order valence-corrected chi connectivity index (χ4v) is 2.72. The number of aromatic nitrogens is 1. The maximum absolute atomic E-state index is 10.9. The molecule has 0 bridgehead atoms. The van der Waals surface area contributed by atoms with Gasteiger partial charge < -0.3 is 30.6 Å². The van der Waals surface area contributed by atoms with Gasteiger partial charge in [0.1, 0.15) is 0 Å². The molecular formula is C19H34N2O6. The molecule has 0 aliphatic rings. The average Bonchev–Trinajstić information content (AvgIpc) is 3.00. The summed E-state index contributed by atoms with van der Waals surface area (Å²) in [4.78, 5) is 2.61. The van der Waals surface area contributed by atoms with Crippen molar-refractivity contribution >= 4 is 5.82 Å². The first-order valence-electron chi connectivity index (χ1n) is 9.20. The van der Waals surface area contributed by atoms with Crippen LogP contribution in [-0.4, -0.2) is 54.0 Å². The first-order valence-corrected chi connectivity index (χ1v) is 9.20. The van der Waals surface area contributed by atoms with Gasteiger partial charge in [0.05, 0.1) is 23.4 Å². The van der Waals surface area contributed by atoms with Gasteiger partial charge >= 0.3 is 0 Å². The third-order valence-corrected chi connectivity index (χ3v) is 4.89. The average molecular weight is 386 g/mol. The van der Waals surface area contributed by atoms with Crippen LogP contribution in [0.3, 0.4) is 0 Å². The summed E-state index contributed by atoms with van der Waals surface area (Å²) in [5.74, 6) is 0.0450. The van der Waals surface area contributed by atoms with Crippen molar-refractivity contribution in [1.29, 1.82) is 0 Å². The van der Waals surface area contributed by atoms with Crippen molar-refractivity contribution in [2.24, 2.45) is 0 Å². The van der Waals surface area contributed by atoms with Gasteiger partial charge in [-0.3, -0.25) is 0 Å². The highest BCUT2D eigenvalue weighted by molar-refractivity contribution is 5.27. The topological polar surface area (TPSA) is 144 Å². The fraction of sp³-hybridized carbons (Fsp3) is 0.684. The molecule has 27 heavy (non-hydrogen) atoms. The standard InChI is InChI=1S/C19H34N2O6/c1-13(7-8-15(22)18(2,3)24)6-5-9-19(4,25)16(23)10-14-11-17(20-12-14)21(26)27/h6,11-12,15-16,20-26H,5,7-10H2,1-4H3/b13-6+/t15-,16+,19?/m1/s1. The molecule has 0 fully saturated rings. The molecule has 0 radical (unpaired) electrons. The first-order chi connectivity index (χ1) is 12.3. The zero-order chi connectivity index (χ0) is 20.8. The minimum absolute atomic E-state index is 0.0450. The second-order valence-corrected chi connectivity index (χ2v) is 8.10. The van der Waals surface area contributed by atoms with Crippen molar-refractivity contribution in [3.8, 4) is 0 Å². The van der Waals surface area contributed by atoms with Gasteiger partial charge in [-0.05, 0) is 58.9 Å². The highest BCUT2D eigenvalue weighted by Gasteiger charge is 2.30. The van der Waals surface area contributed by atoms with Crippen molar-refractivity contribution in [1.82, 2.24) is 4.98 Å². The number of H-pyrrole nitrogens is 1. The Hall–Kier alpha value is -1.26. The Kier molecular flexibility index (Phi) is 8.62. The van der Waals surface area contributed by atoms with Gasteiger partial charge in [0, 0.05) is 18.7 Å². The Morgan fingerprint density at radius 3 is 2.41 bits per heavy atom. The number of quaternary nitrogens is 1. The molecule has 156 valence electrons. The van der Waals surface area contributed by atoms with Gasteiger partial charge in [-0.25, -0.2) is 5.21 Å². The Morgan fingerprint density at radius 1 is 1.26 bits per heavy atom. The van der Waals surface area contributed by atoms with Gasteiger partial charge in [0.2, 0.25) is 5.82 Å². The zero-order valence-corrected chi connectivity index (χ0v) is 16.6. The summed E-state index contributed by atoms with van der Waals surface area (Å²) in [5.41, 5.74) is -0.788. The third-order valence-electron chi connectivity index (χ3n) is 4.89. The molecule has 7 N–H and O–H groups in total. The number of nitrogens with one attached hydrogen (secondary N) is 2. The van der Waals surface area contributed by atoms with Crippen LogP contribution in [0.1, 0.15) is 58.9 Å². The van der Waals surface area contributed by atoms with Crippen LogP contribution >= 0.6 is 0 Å². The number of hydrogen-bond donors (Lipinski definition) is 7. The maximum atomic E-state index is 10.9. The maximum Gasteiger partial charge on any atom is 0.237 e. The number of allylic oxidation sites excluding steroid dienone is 2. The van der Waals surface area contributed by atoms with E-state index in [-0.39, 0.29) is 12.2 Å². The molecule has 1 rings (SSSR count). The Morgan fingerprint density at radius 2 is 1.89 bits per heavy atom. The number of aliphatic hydroxyl groups is 4. The molecule has 0 spiro atoms. The molecule has 1 aromatic rings. The lowest BCUT2D eigenvalue weighted by Gasteiger charge is -2.28. The fourth-order valence-electron chi connectivity index (χ4n) is 2.72. The van der Waals surface area contributed by atoms with E-state index in [9.17, 15) is 25.6 Å². The number of hydrogen-bond acceptors (Lipinski definition) is 6. The Labute approximate surface area is 160 Å². The molecule has 4 atom stereocenters. The van der Waals surface area contributed by atoms with E-state index in [4.69, 9.17) is 5.21 Å². The van der Waals surface area contributed by atoms with E-state index in [2.05, 4.69) is 4.98 Å². The largest absolute Gasteiger partial charge is 0.594 e. The van der Waals surface area contributed by atoms with Gasteiger partial charge in [0.15, 0.2) is 0 Å². The van der Waals surface area contributed by atoms with Crippen molar-refractivity contribution in [3.05, 3.63) is 34.7 Å². The van der Waals surface area contributed by atoms with Crippen molar-refractivity contribution in [3.63, 3.8) is 0 Å². The molecule has 0 aromatic carbocycles. The molecule has 8 heteroatoms. The molecule has 0 saturated heterocycles. The quantitative estimate of drug-likeness (QED) is 0.220. The van der Waals surface area contributed by atoms with Gasteiger partial charge in [-0.2, -0.15) is 5.23 Å². The summed E-state index contributed by atoms with van der Waals surface area (Å²) in [7, 11) is 0. The van der Waals surface area contributed by atoms with E-state index in [1.807, 2.05) is 13.0 Å². The van der Waals surface area contributed by atoms with Crippen LogP contribution in [-0.2, 0) is 6.42 Å².